The number of hydrogen-bond donors (Lipinski definition) is 2. The highest BCUT2D eigenvalue weighted by Crippen LogP contribution is 2.05. The molecule has 1 rings (SSSR count). The van der Waals surface area contributed by atoms with Crippen LogP contribution >= 0.6 is 0 Å². The van der Waals surface area contributed by atoms with Gasteiger partial charge in [0.1, 0.15) is 5.82 Å². The molecule has 12 heavy (non-hydrogen) atoms. The molecule has 4 heteroatoms. The molecule has 0 radical (unpaired) electrons. The summed E-state index contributed by atoms with van der Waals surface area (Å²) in [4.78, 5) is 7.85. The highest BCUT2D eigenvalue weighted by Gasteiger charge is 1.96. The van der Waals surface area contributed by atoms with E-state index in [2.05, 4.69) is 21.2 Å². The van der Waals surface area contributed by atoms with Gasteiger partial charge in [-0.2, -0.15) is 4.98 Å². The second-order valence-electron chi connectivity index (χ2n) is 2.31. The van der Waals surface area contributed by atoms with E-state index < -0.39 is 0 Å². The second kappa shape index (κ2) is 3.58. The van der Waals surface area contributed by atoms with Crippen molar-refractivity contribution >= 4 is 11.8 Å². The number of nitrogen functional groups attached to an aromatic ring is 1. The van der Waals surface area contributed by atoms with Crippen LogP contribution in [0.15, 0.2) is 6.07 Å². The molecule has 62 valence electrons. The lowest BCUT2D eigenvalue weighted by Crippen LogP contribution is -2.04. The van der Waals surface area contributed by atoms with Crippen molar-refractivity contribution in [3.8, 4) is 12.3 Å². The maximum Gasteiger partial charge on any atom is 0.222 e. The number of rotatable bonds is 2. The maximum atomic E-state index is 5.42. The lowest BCUT2D eigenvalue weighted by atomic mass is 10.4. The Hall–Kier alpha value is -1.76. The van der Waals surface area contributed by atoms with Crippen molar-refractivity contribution in [2.45, 2.75) is 6.92 Å². The van der Waals surface area contributed by atoms with Crippen molar-refractivity contribution in [1.29, 1.82) is 0 Å². The van der Waals surface area contributed by atoms with Crippen LogP contribution in [0.4, 0.5) is 11.8 Å². The molecule has 0 amide bonds. The van der Waals surface area contributed by atoms with E-state index in [9.17, 15) is 0 Å². The molecule has 0 atom stereocenters. The predicted molar refractivity (Wildman–Crippen MR) is 48.5 cm³/mol. The molecule has 1 aromatic heterocycles. The number of nitrogens with zero attached hydrogens (tertiary/aromatic N) is 2. The van der Waals surface area contributed by atoms with Crippen LogP contribution in [0.3, 0.4) is 0 Å². The van der Waals surface area contributed by atoms with Crippen LogP contribution < -0.4 is 11.1 Å². The molecule has 4 nitrogen and oxygen atoms in total. The highest BCUT2D eigenvalue weighted by molar-refractivity contribution is 5.40. The second-order valence-corrected chi connectivity index (χ2v) is 2.31. The van der Waals surface area contributed by atoms with Crippen molar-refractivity contribution in [3.63, 3.8) is 0 Å². The van der Waals surface area contributed by atoms with Gasteiger partial charge in [0.2, 0.25) is 5.95 Å². The lowest BCUT2D eigenvalue weighted by Gasteiger charge is -2.02. The number of nitrogens with two attached hydrogens (primary N) is 1. The van der Waals surface area contributed by atoms with Crippen LogP contribution in [0.1, 0.15) is 5.69 Å². The topological polar surface area (TPSA) is 63.8 Å². The van der Waals surface area contributed by atoms with Gasteiger partial charge in [-0.3, -0.25) is 0 Å². The molecule has 3 N–H and O–H groups in total. The third-order valence-electron chi connectivity index (χ3n) is 1.24. The fourth-order valence-corrected chi connectivity index (χ4v) is 0.824. The number of aromatic nitrogens is 2. The van der Waals surface area contributed by atoms with Crippen molar-refractivity contribution < 1.29 is 0 Å². The first-order valence-electron chi connectivity index (χ1n) is 3.51. The third kappa shape index (κ3) is 2.13. The van der Waals surface area contributed by atoms with Crippen molar-refractivity contribution in [3.05, 3.63) is 11.8 Å². The van der Waals surface area contributed by atoms with Crippen LogP contribution in [-0.4, -0.2) is 16.5 Å². The van der Waals surface area contributed by atoms with Gasteiger partial charge in [0.25, 0.3) is 0 Å². The summed E-state index contributed by atoms with van der Waals surface area (Å²) in [5.41, 5.74) is 6.24. The van der Waals surface area contributed by atoms with Crippen molar-refractivity contribution in [1.82, 2.24) is 9.97 Å². The van der Waals surface area contributed by atoms with Gasteiger partial charge >= 0.3 is 0 Å². The summed E-state index contributed by atoms with van der Waals surface area (Å²) in [5.74, 6) is 3.37. The van der Waals surface area contributed by atoms with Crippen LogP contribution in [0.25, 0.3) is 0 Å². The van der Waals surface area contributed by atoms with Gasteiger partial charge < -0.3 is 11.1 Å². The van der Waals surface area contributed by atoms with E-state index in [0.29, 0.717) is 12.4 Å². The van der Waals surface area contributed by atoms with E-state index >= 15 is 0 Å². The van der Waals surface area contributed by atoms with E-state index in [1.54, 1.807) is 6.07 Å². The zero-order valence-electron chi connectivity index (χ0n) is 6.83. The summed E-state index contributed by atoms with van der Waals surface area (Å²) in [6.07, 6.45) is 5.07. The third-order valence-corrected chi connectivity index (χ3v) is 1.24. The van der Waals surface area contributed by atoms with E-state index in [1.165, 1.54) is 0 Å². The molecular formula is C8H10N4. The molecule has 0 aliphatic carbocycles. The number of anilines is 2. The molecule has 0 aromatic carbocycles. The largest absolute Gasteiger partial charge is 0.368 e. The fourth-order valence-electron chi connectivity index (χ4n) is 0.824. The van der Waals surface area contributed by atoms with Gasteiger partial charge in [-0.15, -0.1) is 6.42 Å². The predicted octanol–water partition coefficient (Wildman–Crippen LogP) is 0.412. The molecule has 0 bridgehead atoms. The first-order valence-corrected chi connectivity index (χ1v) is 3.51. The van der Waals surface area contributed by atoms with E-state index in [0.717, 1.165) is 5.69 Å². The average molecular weight is 162 g/mol. The van der Waals surface area contributed by atoms with Gasteiger partial charge in [-0.25, -0.2) is 4.98 Å². The molecular weight excluding hydrogens is 152 g/mol. The Balaban J connectivity index is 2.80. The minimum atomic E-state index is 0.259. The molecule has 1 aromatic rings. The summed E-state index contributed by atoms with van der Waals surface area (Å²) in [6.45, 7) is 2.29. The summed E-state index contributed by atoms with van der Waals surface area (Å²) in [6, 6.07) is 1.79. The maximum absolute atomic E-state index is 5.42. The minimum Gasteiger partial charge on any atom is -0.368 e. The smallest absolute Gasteiger partial charge is 0.222 e. The van der Waals surface area contributed by atoms with Crippen LogP contribution in [0.5, 0.6) is 0 Å². The Kier molecular flexibility index (Phi) is 2.49. The van der Waals surface area contributed by atoms with E-state index in [-0.39, 0.29) is 5.95 Å². The quantitative estimate of drug-likeness (QED) is 0.618. The molecule has 0 saturated heterocycles. The first-order chi connectivity index (χ1) is 5.72. The molecule has 0 aliphatic rings. The number of nitrogens with one attached hydrogen (secondary N) is 1. The number of hydrogen-bond acceptors (Lipinski definition) is 4. The van der Waals surface area contributed by atoms with Gasteiger partial charge in [0.15, 0.2) is 0 Å². The van der Waals surface area contributed by atoms with E-state index in [1.807, 2.05) is 6.92 Å². The van der Waals surface area contributed by atoms with Crippen molar-refractivity contribution in [2.75, 3.05) is 17.6 Å². The summed E-state index contributed by atoms with van der Waals surface area (Å²) in [7, 11) is 0. The molecule has 0 spiro atoms. The Labute approximate surface area is 71.2 Å². The van der Waals surface area contributed by atoms with Gasteiger partial charge in [0.05, 0.1) is 6.54 Å². The SMILES string of the molecule is C#CCNc1cc(C)nc(N)n1. The summed E-state index contributed by atoms with van der Waals surface area (Å²) >= 11 is 0. The van der Waals surface area contributed by atoms with Crippen molar-refractivity contribution in [2.24, 2.45) is 0 Å². The Morgan fingerprint density at radius 3 is 3.00 bits per heavy atom. The molecule has 1 heterocycles. The zero-order valence-corrected chi connectivity index (χ0v) is 6.83. The molecule has 0 saturated carbocycles. The highest BCUT2D eigenvalue weighted by atomic mass is 15.1. The Morgan fingerprint density at radius 2 is 2.42 bits per heavy atom. The normalized spacial score (nSPS) is 9.00. The molecule has 0 fully saturated rings. The standard InChI is InChI=1S/C8H10N4/c1-3-4-10-7-5-6(2)11-8(9)12-7/h1,5H,4H2,2H3,(H3,9,10,11,12). The first kappa shape index (κ1) is 8.34. The molecule has 0 unspecified atom stereocenters. The Bertz CT molecular complexity index is 293. The van der Waals surface area contributed by atoms with Crippen LogP contribution in [0.2, 0.25) is 0 Å². The minimum absolute atomic E-state index is 0.259. The lowest BCUT2D eigenvalue weighted by molar-refractivity contribution is 1.11. The summed E-state index contributed by atoms with van der Waals surface area (Å²) in [5, 5.41) is 2.91. The summed E-state index contributed by atoms with van der Waals surface area (Å²) < 4.78 is 0. The van der Waals surface area contributed by atoms with Crippen LogP contribution in [-0.2, 0) is 0 Å². The fraction of sp³-hybridized carbons (Fsp3) is 0.250. The Morgan fingerprint density at radius 1 is 1.67 bits per heavy atom. The average Bonchev–Trinajstić information content (AvgIpc) is 1.99. The van der Waals surface area contributed by atoms with Gasteiger partial charge in [0, 0.05) is 11.8 Å². The van der Waals surface area contributed by atoms with Crippen LogP contribution in [0, 0.1) is 19.3 Å². The van der Waals surface area contributed by atoms with Gasteiger partial charge in [-0.05, 0) is 6.92 Å². The van der Waals surface area contributed by atoms with Gasteiger partial charge in [-0.1, -0.05) is 5.92 Å². The van der Waals surface area contributed by atoms with E-state index in [4.69, 9.17) is 12.2 Å². The number of aryl methyl sites for hydroxylation is 1. The number of terminal acetylenes is 1. The zero-order chi connectivity index (χ0) is 8.97. The monoisotopic (exact) mass is 162 g/mol. The molecule has 0 aliphatic heterocycles.